The first-order chi connectivity index (χ1) is 6.59. The molecule has 0 bridgehead atoms. The summed E-state index contributed by atoms with van der Waals surface area (Å²) in [5, 5.41) is 2.99. The molecule has 0 aliphatic heterocycles. The third-order valence-corrected chi connectivity index (χ3v) is 4.54. The zero-order valence-corrected chi connectivity index (χ0v) is 10.00. The predicted molar refractivity (Wildman–Crippen MR) is 63.0 cm³/mol. The van der Waals surface area contributed by atoms with Crippen molar-refractivity contribution >= 4 is 22.9 Å². The average Bonchev–Trinajstić information content (AvgIpc) is 2.62. The van der Waals surface area contributed by atoms with Gasteiger partial charge in [-0.3, -0.25) is 0 Å². The van der Waals surface area contributed by atoms with Crippen molar-refractivity contribution in [1.82, 2.24) is 0 Å². The Morgan fingerprint density at radius 3 is 3.00 bits per heavy atom. The monoisotopic (exact) mass is 229 g/mol. The molecule has 0 saturated heterocycles. The first kappa shape index (κ1) is 10.5. The van der Waals surface area contributed by atoms with E-state index in [1.165, 1.54) is 17.7 Å². The minimum Gasteiger partial charge on any atom is -0.328 e. The summed E-state index contributed by atoms with van der Waals surface area (Å²) < 4.78 is 0. The molecule has 1 saturated carbocycles. The number of hydrogen-bond donors (Lipinski definition) is 1. The predicted octanol–water partition coefficient (Wildman–Crippen LogP) is 3.46. The summed E-state index contributed by atoms with van der Waals surface area (Å²) in [7, 11) is 0. The highest BCUT2D eigenvalue weighted by Gasteiger charge is 2.34. The van der Waals surface area contributed by atoms with Crippen molar-refractivity contribution in [2.45, 2.75) is 38.6 Å². The number of halogens is 1. The van der Waals surface area contributed by atoms with Crippen LogP contribution in [-0.2, 0) is 6.42 Å². The molecule has 2 N–H and O–H groups in total. The largest absolute Gasteiger partial charge is 0.328 e. The lowest BCUT2D eigenvalue weighted by molar-refractivity contribution is 0.332. The van der Waals surface area contributed by atoms with Gasteiger partial charge in [0.25, 0.3) is 0 Å². The molecule has 0 spiro atoms. The van der Waals surface area contributed by atoms with Gasteiger partial charge in [-0.15, -0.1) is 11.3 Å². The van der Waals surface area contributed by atoms with Crippen LogP contribution >= 0.6 is 22.9 Å². The Morgan fingerprint density at radius 2 is 2.50 bits per heavy atom. The minimum absolute atomic E-state index is 0.383. The van der Waals surface area contributed by atoms with E-state index in [0.717, 1.165) is 17.9 Å². The third-order valence-electron chi connectivity index (χ3n) is 3.15. The lowest BCUT2D eigenvalue weighted by atomic mass is 9.84. The van der Waals surface area contributed by atoms with Gasteiger partial charge >= 0.3 is 0 Å². The lowest BCUT2D eigenvalue weighted by Gasteiger charge is -2.23. The van der Waals surface area contributed by atoms with E-state index in [9.17, 15) is 0 Å². The average molecular weight is 230 g/mol. The maximum atomic E-state index is 6.10. The van der Waals surface area contributed by atoms with Crippen LogP contribution in [0.25, 0.3) is 0 Å². The van der Waals surface area contributed by atoms with Crippen molar-refractivity contribution in [3.05, 3.63) is 21.3 Å². The number of rotatable bonds is 2. The Morgan fingerprint density at radius 1 is 1.71 bits per heavy atom. The van der Waals surface area contributed by atoms with E-state index in [-0.39, 0.29) is 0 Å². The molecule has 14 heavy (non-hydrogen) atoms. The quantitative estimate of drug-likeness (QED) is 0.826. The molecule has 1 aromatic heterocycles. The molecule has 3 heteroatoms. The Bertz CT molecular complexity index is 323. The van der Waals surface area contributed by atoms with Gasteiger partial charge in [-0.1, -0.05) is 18.5 Å². The van der Waals surface area contributed by atoms with Gasteiger partial charge in [-0.05, 0) is 42.5 Å². The number of nitrogens with two attached hydrogens (primary N) is 1. The summed E-state index contributed by atoms with van der Waals surface area (Å²) in [6.07, 6.45) is 4.64. The van der Waals surface area contributed by atoms with Crippen LogP contribution in [0.2, 0.25) is 5.02 Å². The molecular weight excluding hydrogens is 214 g/mol. The van der Waals surface area contributed by atoms with Crippen molar-refractivity contribution in [3.63, 3.8) is 0 Å². The SMILES string of the molecule is CC1(Cc2sccc2Cl)CCC(N)C1. The summed E-state index contributed by atoms with van der Waals surface area (Å²) in [5.74, 6) is 0. The van der Waals surface area contributed by atoms with Crippen LogP contribution in [0.15, 0.2) is 11.4 Å². The summed E-state index contributed by atoms with van der Waals surface area (Å²) >= 11 is 7.86. The molecule has 1 aliphatic rings. The second-order valence-corrected chi connectivity index (χ2v) is 6.09. The van der Waals surface area contributed by atoms with Gasteiger partial charge in [-0.2, -0.15) is 0 Å². The van der Waals surface area contributed by atoms with E-state index >= 15 is 0 Å². The van der Waals surface area contributed by atoms with Crippen LogP contribution < -0.4 is 5.73 Å². The first-order valence-electron chi connectivity index (χ1n) is 5.06. The highest BCUT2D eigenvalue weighted by Crippen LogP contribution is 2.42. The van der Waals surface area contributed by atoms with Crippen molar-refractivity contribution in [2.24, 2.45) is 11.1 Å². The zero-order chi connectivity index (χ0) is 10.2. The molecule has 1 heterocycles. The fourth-order valence-corrected chi connectivity index (χ4v) is 3.69. The van der Waals surface area contributed by atoms with E-state index in [4.69, 9.17) is 17.3 Å². The number of hydrogen-bond acceptors (Lipinski definition) is 2. The minimum atomic E-state index is 0.383. The van der Waals surface area contributed by atoms with Crippen molar-refractivity contribution in [1.29, 1.82) is 0 Å². The van der Waals surface area contributed by atoms with E-state index in [0.29, 0.717) is 11.5 Å². The standard InChI is InChI=1S/C11H16ClNS/c1-11(4-2-8(13)6-11)7-10-9(12)3-5-14-10/h3,5,8H,2,4,6-7,13H2,1H3. The van der Waals surface area contributed by atoms with E-state index in [1.54, 1.807) is 11.3 Å². The normalized spacial score (nSPS) is 32.4. The molecule has 2 unspecified atom stereocenters. The van der Waals surface area contributed by atoms with Gasteiger partial charge in [0, 0.05) is 10.9 Å². The van der Waals surface area contributed by atoms with Gasteiger partial charge in [0.15, 0.2) is 0 Å². The van der Waals surface area contributed by atoms with Crippen LogP contribution in [0.4, 0.5) is 0 Å². The Balaban J connectivity index is 2.07. The van der Waals surface area contributed by atoms with Crippen LogP contribution in [0.5, 0.6) is 0 Å². The second kappa shape index (κ2) is 3.84. The zero-order valence-electron chi connectivity index (χ0n) is 8.42. The molecule has 1 fully saturated rings. The molecule has 78 valence electrons. The highest BCUT2D eigenvalue weighted by atomic mass is 35.5. The molecule has 1 aliphatic carbocycles. The molecule has 1 nitrogen and oxygen atoms in total. The Kier molecular flexibility index (Phi) is 2.87. The summed E-state index contributed by atoms with van der Waals surface area (Å²) in [6, 6.07) is 2.39. The van der Waals surface area contributed by atoms with E-state index < -0.39 is 0 Å². The highest BCUT2D eigenvalue weighted by molar-refractivity contribution is 7.10. The maximum Gasteiger partial charge on any atom is 0.0545 e. The third kappa shape index (κ3) is 2.13. The van der Waals surface area contributed by atoms with Gasteiger partial charge in [0.05, 0.1) is 5.02 Å². The smallest absolute Gasteiger partial charge is 0.0545 e. The fraction of sp³-hybridized carbons (Fsp3) is 0.636. The molecule has 0 aromatic carbocycles. The van der Waals surface area contributed by atoms with Crippen LogP contribution in [-0.4, -0.2) is 6.04 Å². The van der Waals surface area contributed by atoms with Gasteiger partial charge in [0.1, 0.15) is 0 Å². The number of thiophene rings is 1. The Hall–Kier alpha value is -0.0500. The van der Waals surface area contributed by atoms with E-state index in [1.807, 2.05) is 6.07 Å². The molecule has 2 rings (SSSR count). The second-order valence-electron chi connectivity index (χ2n) is 4.68. The van der Waals surface area contributed by atoms with Crippen molar-refractivity contribution in [3.8, 4) is 0 Å². The van der Waals surface area contributed by atoms with Crippen LogP contribution in [0, 0.1) is 5.41 Å². The molecule has 1 aromatic rings. The van der Waals surface area contributed by atoms with Crippen molar-refractivity contribution < 1.29 is 0 Å². The fourth-order valence-electron chi connectivity index (χ4n) is 2.37. The van der Waals surface area contributed by atoms with Crippen molar-refractivity contribution in [2.75, 3.05) is 0 Å². The maximum absolute atomic E-state index is 6.10. The lowest BCUT2D eigenvalue weighted by Crippen LogP contribution is -2.20. The van der Waals surface area contributed by atoms with Crippen LogP contribution in [0.1, 0.15) is 31.1 Å². The topological polar surface area (TPSA) is 26.0 Å². The summed E-state index contributed by atoms with van der Waals surface area (Å²) in [6.45, 7) is 2.33. The van der Waals surface area contributed by atoms with Gasteiger partial charge < -0.3 is 5.73 Å². The summed E-state index contributed by atoms with van der Waals surface area (Å²) in [5.41, 5.74) is 6.33. The summed E-state index contributed by atoms with van der Waals surface area (Å²) in [4.78, 5) is 1.32. The molecule has 0 amide bonds. The van der Waals surface area contributed by atoms with Gasteiger partial charge in [-0.25, -0.2) is 0 Å². The molecule has 2 atom stereocenters. The van der Waals surface area contributed by atoms with Crippen LogP contribution in [0.3, 0.4) is 0 Å². The van der Waals surface area contributed by atoms with Gasteiger partial charge in [0.2, 0.25) is 0 Å². The van der Waals surface area contributed by atoms with E-state index in [2.05, 4.69) is 12.3 Å². The first-order valence-corrected chi connectivity index (χ1v) is 6.32. The molecular formula is C11H16ClNS. The Labute approximate surface area is 94.3 Å². The molecule has 0 radical (unpaired) electrons.